The maximum Gasteiger partial charge on any atom is 0.338 e. The molecule has 0 spiro atoms. The second kappa shape index (κ2) is 10.9. The molecule has 2 aromatic rings. The van der Waals surface area contributed by atoms with E-state index in [9.17, 15) is 18.0 Å². The van der Waals surface area contributed by atoms with E-state index in [-0.39, 0.29) is 29.0 Å². The summed E-state index contributed by atoms with van der Waals surface area (Å²) in [6.45, 7) is 3.93. The highest BCUT2D eigenvalue weighted by Crippen LogP contribution is 2.31. The Balaban J connectivity index is 1.61. The number of ether oxygens (including phenoxy) is 2. The number of anilines is 1. The summed E-state index contributed by atoms with van der Waals surface area (Å²) in [5, 5.41) is 2.96. The van der Waals surface area contributed by atoms with Gasteiger partial charge in [-0.3, -0.25) is 9.10 Å². The van der Waals surface area contributed by atoms with Crippen LogP contribution in [0.4, 0.5) is 5.69 Å². The van der Waals surface area contributed by atoms with E-state index in [2.05, 4.69) is 19.2 Å². The lowest BCUT2D eigenvalue weighted by molar-refractivity contribution is -0.125. The third-order valence-electron chi connectivity index (χ3n) is 6.56. The van der Waals surface area contributed by atoms with Gasteiger partial charge in [-0.1, -0.05) is 38.8 Å². The molecule has 0 bridgehead atoms. The van der Waals surface area contributed by atoms with Crippen LogP contribution in [-0.4, -0.2) is 47.1 Å². The van der Waals surface area contributed by atoms with Crippen LogP contribution in [0.5, 0.6) is 5.75 Å². The number of rotatable bonds is 8. The summed E-state index contributed by atoms with van der Waals surface area (Å²) < 4.78 is 37.6. The van der Waals surface area contributed by atoms with Crippen molar-refractivity contribution in [1.29, 1.82) is 0 Å². The number of carbonyl (C=O) groups excluding carboxylic acids is 2. The number of nitrogens with one attached hydrogen (secondary N) is 1. The summed E-state index contributed by atoms with van der Waals surface area (Å²) in [6, 6.07) is 12.3. The molecule has 34 heavy (non-hydrogen) atoms. The van der Waals surface area contributed by atoms with Gasteiger partial charge in [-0.25, -0.2) is 13.2 Å². The predicted octanol–water partition coefficient (Wildman–Crippen LogP) is 3.62. The summed E-state index contributed by atoms with van der Waals surface area (Å²) in [4.78, 5) is 24.7. The highest BCUT2D eigenvalue weighted by atomic mass is 32.2. The van der Waals surface area contributed by atoms with E-state index in [0.717, 1.165) is 23.6 Å². The number of sulfonamides is 1. The van der Waals surface area contributed by atoms with Gasteiger partial charge in [0, 0.05) is 13.1 Å². The number of nitrogens with zero attached hydrogens (tertiary/aromatic N) is 1. The molecule has 8 nitrogen and oxygen atoms in total. The Morgan fingerprint density at radius 3 is 2.41 bits per heavy atom. The molecule has 0 aliphatic heterocycles. The van der Waals surface area contributed by atoms with Crippen molar-refractivity contribution in [2.24, 2.45) is 11.8 Å². The van der Waals surface area contributed by atoms with Crippen LogP contribution in [0.25, 0.3) is 0 Å². The molecule has 1 aliphatic carbocycles. The van der Waals surface area contributed by atoms with Crippen molar-refractivity contribution in [3.05, 3.63) is 54.1 Å². The molecule has 0 saturated heterocycles. The summed E-state index contributed by atoms with van der Waals surface area (Å²) in [6.07, 6.45) is 3.14. The minimum Gasteiger partial charge on any atom is -0.495 e. The van der Waals surface area contributed by atoms with Crippen LogP contribution in [0.2, 0.25) is 0 Å². The van der Waals surface area contributed by atoms with Crippen LogP contribution in [0.1, 0.15) is 43.5 Å². The van der Waals surface area contributed by atoms with E-state index in [4.69, 9.17) is 9.47 Å². The van der Waals surface area contributed by atoms with Crippen LogP contribution in [0, 0.1) is 11.8 Å². The van der Waals surface area contributed by atoms with Gasteiger partial charge < -0.3 is 14.8 Å². The van der Waals surface area contributed by atoms with E-state index < -0.39 is 16.0 Å². The Bertz CT molecular complexity index is 1120. The van der Waals surface area contributed by atoms with Gasteiger partial charge in [-0.2, -0.15) is 0 Å². The van der Waals surface area contributed by atoms with E-state index >= 15 is 0 Å². The van der Waals surface area contributed by atoms with E-state index in [0.29, 0.717) is 23.3 Å². The van der Waals surface area contributed by atoms with Gasteiger partial charge >= 0.3 is 5.97 Å². The first kappa shape index (κ1) is 25.6. The number of methoxy groups -OCH3 is 1. The van der Waals surface area contributed by atoms with Gasteiger partial charge in [0.15, 0.2) is 6.61 Å². The fourth-order valence-corrected chi connectivity index (χ4v) is 5.40. The summed E-state index contributed by atoms with van der Waals surface area (Å²) in [7, 11) is -0.981. The maximum absolute atomic E-state index is 13.0. The van der Waals surface area contributed by atoms with Crippen LogP contribution >= 0.6 is 0 Å². The molecule has 0 unspecified atom stereocenters. The van der Waals surface area contributed by atoms with Crippen LogP contribution in [0.3, 0.4) is 0 Å². The molecular weight excluding hydrogens is 456 g/mol. The molecule has 0 radical (unpaired) electrons. The van der Waals surface area contributed by atoms with Crippen molar-refractivity contribution < 1.29 is 27.5 Å². The topological polar surface area (TPSA) is 102 Å². The predicted molar refractivity (Wildman–Crippen MR) is 129 cm³/mol. The zero-order chi connectivity index (χ0) is 24.9. The SMILES string of the molecule is COc1ccccc1N(C)S(=O)(=O)c1ccc(C(=O)OCC(=O)N[C@@H]2CCC[C@H](C)[C@H]2C)cc1. The van der Waals surface area contributed by atoms with Crippen LogP contribution < -0.4 is 14.4 Å². The summed E-state index contributed by atoms with van der Waals surface area (Å²) in [5.41, 5.74) is 0.549. The molecule has 3 atom stereocenters. The van der Waals surface area contributed by atoms with Gasteiger partial charge in [0.25, 0.3) is 15.9 Å². The Morgan fingerprint density at radius 2 is 1.74 bits per heavy atom. The fraction of sp³-hybridized carbons (Fsp3) is 0.440. The average Bonchev–Trinajstić information content (AvgIpc) is 2.84. The number of para-hydroxylation sites is 2. The maximum atomic E-state index is 13.0. The first-order chi connectivity index (χ1) is 16.1. The lowest BCUT2D eigenvalue weighted by atomic mass is 9.78. The van der Waals surface area contributed by atoms with Crippen molar-refractivity contribution in [2.75, 3.05) is 25.1 Å². The summed E-state index contributed by atoms with van der Waals surface area (Å²) >= 11 is 0. The highest BCUT2D eigenvalue weighted by Gasteiger charge is 2.28. The minimum absolute atomic E-state index is 0.00982. The largest absolute Gasteiger partial charge is 0.495 e. The quantitative estimate of drug-likeness (QED) is 0.570. The fourth-order valence-electron chi connectivity index (χ4n) is 4.19. The van der Waals surface area contributed by atoms with Crippen molar-refractivity contribution in [2.45, 2.75) is 44.0 Å². The lowest BCUT2D eigenvalue weighted by Gasteiger charge is -2.34. The van der Waals surface area contributed by atoms with E-state index in [1.807, 2.05) is 0 Å². The molecule has 1 saturated carbocycles. The van der Waals surface area contributed by atoms with Gasteiger partial charge in [-0.05, 0) is 54.7 Å². The highest BCUT2D eigenvalue weighted by molar-refractivity contribution is 7.92. The molecule has 1 amide bonds. The lowest BCUT2D eigenvalue weighted by Crippen LogP contribution is -2.45. The second-order valence-electron chi connectivity index (χ2n) is 8.69. The standard InChI is InChI=1S/C25H32N2O6S/c1-17-8-7-9-21(18(17)2)26-24(28)16-33-25(29)19-12-14-20(15-13-19)34(30,31)27(3)22-10-5-6-11-23(22)32-4/h5-6,10-15,17-18,21H,7-9,16H2,1-4H3,(H,26,28)/t17-,18+,21+/m0/s1. The minimum atomic E-state index is -3.88. The molecule has 0 aromatic heterocycles. The number of benzene rings is 2. The van der Waals surface area contributed by atoms with Gasteiger partial charge in [0.2, 0.25) is 0 Å². The molecule has 3 rings (SSSR count). The molecule has 2 aromatic carbocycles. The van der Waals surface area contributed by atoms with Crippen molar-refractivity contribution >= 4 is 27.6 Å². The number of amides is 1. The number of hydrogen-bond acceptors (Lipinski definition) is 6. The normalized spacial score (nSPS) is 20.3. The number of esters is 1. The summed E-state index contributed by atoms with van der Waals surface area (Å²) in [5.74, 6) is 0.304. The Labute approximate surface area is 201 Å². The van der Waals surface area contributed by atoms with Crippen molar-refractivity contribution in [3.63, 3.8) is 0 Å². The zero-order valence-corrected chi connectivity index (χ0v) is 20.8. The van der Waals surface area contributed by atoms with E-state index in [1.54, 1.807) is 24.3 Å². The molecule has 184 valence electrons. The third-order valence-corrected chi connectivity index (χ3v) is 8.35. The van der Waals surface area contributed by atoms with Crippen molar-refractivity contribution in [1.82, 2.24) is 5.32 Å². The van der Waals surface area contributed by atoms with Gasteiger partial charge in [0.05, 0.1) is 23.3 Å². The monoisotopic (exact) mass is 488 g/mol. The van der Waals surface area contributed by atoms with Crippen molar-refractivity contribution in [3.8, 4) is 5.75 Å². The van der Waals surface area contributed by atoms with Crippen LogP contribution in [-0.2, 0) is 19.6 Å². The molecule has 9 heteroatoms. The zero-order valence-electron chi connectivity index (χ0n) is 20.0. The molecule has 0 heterocycles. The molecule has 1 aliphatic rings. The molecule has 1 N–H and O–H groups in total. The molecule has 1 fully saturated rings. The molecular formula is C25H32N2O6S. The van der Waals surface area contributed by atoms with E-state index in [1.165, 1.54) is 38.4 Å². The smallest absolute Gasteiger partial charge is 0.338 e. The average molecular weight is 489 g/mol. The third kappa shape index (κ3) is 5.70. The number of hydrogen-bond donors (Lipinski definition) is 1. The second-order valence-corrected chi connectivity index (χ2v) is 10.7. The first-order valence-corrected chi connectivity index (χ1v) is 12.8. The Morgan fingerprint density at radius 1 is 1.06 bits per heavy atom. The first-order valence-electron chi connectivity index (χ1n) is 11.3. The Kier molecular flexibility index (Phi) is 8.19. The number of carbonyl (C=O) groups is 2. The van der Waals surface area contributed by atoms with Gasteiger partial charge in [-0.15, -0.1) is 0 Å². The Hall–Kier alpha value is -3.07. The van der Waals surface area contributed by atoms with Crippen LogP contribution in [0.15, 0.2) is 53.4 Å². The van der Waals surface area contributed by atoms with Gasteiger partial charge in [0.1, 0.15) is 5.75 Å².